The molecule has 0 amide bonds. The topological polar surface area (TPSA) is 57.5 Å². The molecular weight excluding hydrogens is 212 g/mol. The van der Waals surface area contributed by atoms with Crippen molar-refractivity contribution in [1.82, 2.24) is 0 Å². The van der Waals surface area contributed by atoms with E-state index in [0.29, 0.717) is 0 Å². The molecule has 3 nitrogen and oxygen atoms in total. The van der Waals surface area contributed by atoms with E-state index in [2.05, 4.69) is 0 Å². The van der Waals surface area contributed by atoms with Gasteiger partial charge in [-0.15, -0.1) is 0 Å². The average molecular weight is 218 g/mol. The monoisotopic (exact) mass is 218 g/mol. The first-order chi connectivity index (χ1) is 2.91. The molecular formula is C2H6CeO3. The molecule has 0 aromatic rings. The summed E-state index contributed by atoms with van der Waals surface area (Å²) in [5.74, 6) is 0. The first-order valence-electron chi connectivity index (χ1n) is 1.34. The summed E-state index contributed by atoms with van der Waals surface area (Å²) in [6, 6.07) is 0. The molecule has 0 aliphatic rings. The Bertz CT molecular complexity index is 16.3. The number of rotatable bonds is 1. The maximum absolute atomic E-state index is 8.39. The quantitative estimate of drug-likeness (QED) is 0.584. The maximum atomic E-state index is 8.39. The van der Waals surface area contributed by atoms with Crippen LogP contribution in [0.1, 0.15) is 0 Å². The summed E-state index contributed by atoms with van der Waals surface area (Å²) in [6.07, 6.45) is 0. The summed E-state index contributed by atoms with van der Waals surface area (Å²) in [5, 5.41) is 15.2. The van der Waals surface area contributed by atoms with Crippen LogP contribution in [0, 0.1) is 39.8 Å². The van der Waals surface area contributed by atoms with Gasteiger partial charge in [0.05, 0.1) is 13.2 Å². The molecule has 0 aromatic heterocycles. The van der Waals surface area contributed by atoms with Gasteiger partial charge in [0, 0.05) is 0 Å². The van der Waals surface area contributed by atoms with E-state index >= 15 is 0 Å². The minimum absolute atomic E-state index is 0.0556. The molecule has 0 aliphatic carbocycles. The third-order valence-electron chi connectivity index (χ3n) is 0.1000. The van der Waals surface area contributed by atoms with E-state index in [1.807, 2.05) is 0 Å². The van der Waals surface area contributed by atoms with Crippen LogP contribution >= 0.6 is 0 Å². The summed E-state index contributed by atoms with van der Waals surface area (Å²) in [5.41, 5.74) is 0. The molecule has 0 heterocycles. The summed E-state index contributed by atoms with van der Waals surface area (Å²) < 4.78 is 8.39. The van der Waals surface area contributed by atoms with Crippen molar-refractivity contribution in [3.63, 3.8) is 0 Å². The molecule has 36 valence electrons. The van der Waals surface area contributed by atoms with Crippen LogP contribution in [0.5, 0.6) is 0 Å². The Morgan fingerprint density at radius 1 is 1.17 bits per heavy atom. The standard InChI is InChI=1S/C2H6O2.Ce.O/c3-1-2-4;;/h3-4H,1-2H2;;. The molecule has 2 N–H and O–H groups in total. The normalized spacial score (nSPS) is 5.50. The number of aliphatic hydroxyl groups excluding tert-OH is 2. The van der Waals surface area contributed by atoms with E-state index in [-0.39, 0.29) is 53.0 Å². The van der Waals surface area contributed by atoms with E-state index < -0.39 is 0 Å². The fraction of sp³-hybridized carbons (Fsp3) is 1.00. The molecule has 0 fully saturated rings. The van der Waals surface area contributed by atoms with Gasteiger partial charge in [-0.05, 0) is 0 Å². The molecule has 6 heavy (non-hydrogen) atoms. The van der Waals surface area contributed by atoms with Crippen molar-refractivity contribution in [3.8, 4) is 0 Å². The van der Waals surface area contributed by atoms with Gasteiger partial charge in [0.1, 0.15) is 0 Å². The van der Waals surface area contributed by atoms with Crippen LogP contribution in [-0.4, -0.2) is 23.4 Å². The number of hydrogen-bond donors (Lipinski definition) is 2. The van der Waals surface area contributed by atoms with Gasteiger partial charge in [-0.1, -0.05) is 0 Å². The molecule has 0 rings (SSSR count). The van der Waals surface area contributed by atoms with Crippen molar-refractivity contribution in [2.45, 2.75) is 0 Å². The zero-order valence-electron chi connectivity index (χ0n) is 3.22. The van der Waals surface area contributed by atoms with Crippen molar-refractivity contribution in [3.05, 3.63) is 0 Å². The molecule has 0 radical (unpaired) electrons. The minimum atomic E-state index is -0.125. The third kappa shape index (κ3) is 19.5. The Kier molecular flexibility index (Phi) is 28.0. The predicted molar refractivity (Wildman–Crippen MR) is 14.9 cm³/mol. The second-order valence-corrected chi connectivity index (χ2v) is 0.447. The van der Waals surface area contributed by atoms with Gasteiger partial charge in [-0.2, -0.15) is 0 Å². The molecule has 0 aromatic carbocycles. The molecule has 0 unspecified atom stereocenters. The summed E-state index contributed by atoms with van der Waals surface area (Å²) >= 11 is 0.0556. The molecule has 0 saturated carbocycles. The average Bonchev–Trinajstić information content (AvgIpc) is 1.72. The Labute approximate surface area is 63.5 Å². The Hall–Kier alpha value is 1.10. The Morgan fingerprint density at radius 3 is 1.33 bits per heavy atom. The molecule has 4 heteroatoms. The van der Waals surface area contributed by atoms with Gasteiger partial charge in [-0.25, -0.2) is 0 Å². The van der Waals surface area contributed by atoms with Gasteiger partial charge in [0.15, 0.2) is 0 Å². The fourth-order valence-corrected chi connectivity index (χ4v) is 0. The third-order valence-corrected chi connectivity index (χ3v) is 0.1000. The first-order valence-corrected chi connectivity index (χ1v) is 2.62. The van der Waals surface area contributed by atoms with E-state index in [1.165, 1.54) is 0 Å². The molecule has 0 bridgehead atoms. The van der Waals surface area contributed by atoms with Crippen molar-refractivity contribution >= 4 is 0 Å². The van der Waals surface area contributed by atoms with Crippen molar-refractivity contribution in [1.29, 1.82) is 0 Å². The predicted octanol–water partition coefficient (Wildman–Crippen LogP) is -1.15. The SMILES string of the molecule is OCCO.[O]=[Ce]. The number of hydrogen-bond acceptors (Lipinski definition) is 3. The first kappa shape index (κ1) is 10.2. The Balaban J connectivity index is 0. The second-order valence-electron chi connectivity index (χ2n) is 0.447. The zero-order valence-corrected chi connectivity index (χ0v) is 6.36. The van der Waals surface area contributed by atoms with Gasteiger partial charge >= 0.3 is 40.7 Å². The molecule has 0 atom stereocenters. The van der Waals surface area contributed by atoms with Crippen molar-refractivity contribution in [2.75, 3.05) is 13.2 Å². The second kappa shape index (κ2) is 16.5. The summed E-state index contributed by atoms with van der Waals surface area (Å²) in [4.78, 5) is 0. The van der Waals surface area contributed by atoms with Gasteiger partial charge < -0.3 is 10.2 Å². The van der Waals surface area contributed by atoms with Gasteiger partial charge in [0.2, 0.25) is 0 Å². The van der Waals surface area contributed by atoms with E-state index in [9.17, 15) is 0 Å². The van der Waals surface area contributed by atoms with Crippen LogP contribution in [0.15, 0.2) is 0 Å². The van der Waals surface area contributed by atoms with Crippen LogP contribution in [0.25, 0.3) is 0 Å². The van der Waals surface area contributed by atoms with Crippen LogP contribution in [-0.2, 0) is 0.938 Å². The van der Waals surface area contributed by atoms with Crippen LogP contribution < -0.4 is 0 Å². The van der Waals surface area contributed by atoms with Gasteiger partial charge in [-0.3, -0.25) is 0 Å². The van der Waals surface area contributed by atoms with Crippen molar-refractivity contribution < 1.29 is 50.9 Å². The van der Waals surface area contributed by atoms with Crippen LogP contribution in [0.3, 0.4) is 0 Å². The van der Waals surface area contributed by atoms with Gasteiger partial charge in [0.25, 0.3) is 0 Å². The summed E-state index contributed by atoms with van der Waals surface area (Å²) in [6.45, 7) is -0.250. The van der Waals surface area contributed by atoms with E-state index in [4.69, 9.17) is 11.2 Å². The number of aliphatic hydroxyl groups is 2. The van der Waals surface area contributed by atoms with E-state index in [0.717, 1.165) is 0 Å². The molecule has 0 saturated heterocycles. The molecule has 0 aliphatic heterocycles. The molecule has 0 spiro atoms. The Morgan fingerprint density at radius 2 is 1.33 bits per heavy atom. The van der Waals surface area contributed by atoms with Crippen LogP contribution in [0.4, 0.5) is 0 Å². The zero-order chi connectivity index (χ0) is 5.41. The van der Waals surface area contributed by atoms with E-state index in [1.54, 1.807) is 0 Å². The summed E-state index contributed by atoms with van der Waals surface area (Å²) in [7, 11) is 0. The van der Waals surface area contributed by atoms with Crippen molar-refractivity contribution in [2.24, 2.45) is 0 Å². The fourth-order valence-electron chi connectivity index (χ4n) is 0. The van der Waals surface area contributed by atoms with Crippen LogP contribution in [0.2, 0.25) is 0 Å².